The van der Waals surface area contributed by atoms with Gasteiger partial charge in [-0.05, 0) is 35.9 Å². The van der Waals surface area contributed by atoms with E-state index in [1.54, 1.807) is 0 Å². The van der Waals surface area contributed by atoms with Crippen LogP contribution in [0.4, 0.5) is 4.39 Å². The maximum atomic E-state index is 13.2. The highest BCUT2D eigenvalue weighted by molar-refractivity contribution is 5.85. The maximum Gasteiger partial charge on any atom is 0.354 e. The zero-order valence-electron chi connectivity index (χ0n) is 10.2. The summed E-state index contributed by atoms with van der Waals surface area (Å²) in [5, 5.41) is 17.4. The number of hydrogen-bond donors (Lipinski definition) is 1. The maximum absolute atomic E-state index is 13.2. The van der Waals surface area contributed by atoms with Crippen LogP contribution in [0.3, 0.4) is 0 Å². The first-order valence-electron chi connectivity index (χ1n) is 5.60. The molecule has 1 heterocycles. The molecule has 6 heteroatoms. The Morgan fingerprint density at radius 1 is 1.40 bits per heavy atom. The summed E-state index contributed by atoms with van der Waals surface area (Å²) < 4.78 is 18.5. The van der Waals surface area contributed by atoms with Crippen LogP contribution in [0.5, 0.6) is 5.75 Å². The van der Waals surface area contributed by atoms with Crippen LogP contribution >= 0.6 is 0 Å². The number of nitriles is 1. The predicted molar refractivity (Wildman–Crippen MR) is 66.6 cm³/mol. The molecule has 5 nitrogen and oxygen atoms in total. The standard InChI is InChI=1S/C14H9FN2O3/c15-11-4-9(6-16)3-10(5-11)8-20-12-1-2-13(14(18)19)17-7-12/h1-5,7H,8H2,(H,18,19). The number of ether oxygens (including phenoxy) is 1. The zero-order chi connectivity index (χ0) is 14.5. The summed E-state index contributed by atoms with van der Waals surface area (Å²) >= 11 is 0. The summed E-state index contributed by atoms with van der Waals surface area (Å²) in [5.74, 6) is -1.28. The first-order valence-corrected chi connectivity index (χ1v) is 5.60. The molecule has 0 amide bonds. The van der Waals surface area contributed by atoms with E-state index in [9.17, 15) is 9.18 Å². The van der Waals surface area contributed by atoms with Gasteiger partial charge in [-0.3, -0.25) is 0 Å². The van der Waals surface area contributed by atoms with E-state index in [2.05, 4.69) is 4.98 Å². The molecule has 0 aliphatic rings. The third kappa shape index (κ3) is 3.29. The van der Waals surface area contributed by atoms with Crippen LogP contribution in [-0.2, 0) is 6.61 Å². The Labute approximate surface area is 113 Å². The van der Waals surface area contributed by atoms with Crippen molar-refractivity contribution in [1.29, 1.82) is 5.26 Å². The van der Waals surface area contributed by atoms with Crippen LogP contribution in [0.25, 0.3) is 0 Å². The lowest BCUT2D eigenvalue weighted by molar-refractivity contribution is 0.0690. The van der Waals surface area contributed by atoms with Gasteiger partial charge in [-0.25, -0.2) is 14.2 Å². The summed E-state index contributed by atoms with van der Waals surface area (Å²) in [5.41, 5.74) is 0.627. The van der Waals surface area contributed by atoms with Crippen molar-refractivity contribution in [2.75, 3.05) is 0 Å². The van der Waals surface area contributed by atoms with Crippen molar-refractivity contribution in [1.82, 2.24) is 4.98 Å². The number of aromatic nitrogens is 1. The van der Waals surface area contributed by atoms with Gasteiger partial charge in [-0.1, -0.05) is 0 Å². The number of aromatic carboxylic acids is 1. The minimum Gasteiger partial charge on any atom is -0.487 e. The molecule has 0 fully saturated rings. The molecular formula is C14H9FN2O3. The predicted octanol–water partition coefficient (Wildman–Crippen LogP) is 2.37. The van der Waals surface area contributed by atoms with Gasteiger partial charge < -0.3 is 9.84 Å². The van der Waals surface area contributed by atoms with Crippen LogP contribution in [0.1, 0.15) is 21.6 Å². The van der Waals surface area contributed by atoms with E-state index >= 15 is 0 Å². The third-order valence-electron chi connectivity index (χ3n) is 2.45. The molecule has 100 valence electrons. The summed E-state index contributed by atoms with van der Waals surface area (Å²) in [4.78, 5) is 14.3. The van der Waals surface area contributed by atoms with Crippen molar-refractivity contribution in [3.05, 3.63) is 59.2 Å². The Bertz CT molecular complexity index is 678. The van der Waals surface area contributed by atoms with E-state index in [4.69, 9.17) is 15.1 Å². The molecule has 1 aromatic heterocycles. The van der Waals surface area contributed by atoms with Gasteiger partial charge in [0.25, 0.3) is 0 Å². The van der Waals surface area contributed by atoms with E-state index in [1.807, 2.05) is 6.07 Å². The SMILES string of the molecule is N#Cc1cc(F)cc(COc2ccc(C(=O)O)nc2)c1. The Hall–Kier alpha value is -2.94. The average molecular weight is 272 g/mol. The largest absolute Gasteiger partial charge is 0.487 e. The van der Waals surface area contributed by atoms with Crippen molar-refractivity contribution >= 4 is 5.97 Å². The quantitative estimate of drug-likeness (QED) is 0.923. The van der Waals surface area contributed by atoms with Crippen LogP contribution in [0, 0.1) is 17.1 Å². The van der Waals surface area contributed by atoms with E-state index in [1.165, 1.54) is 30.5 Å². The van der Waals surface area contributed by atoms with Crippen LogP contribution in [-0.4, -0.2) is 16.1 Å². The number of nitrogens with zero attached hydrogens (tertiary/aromatic N) is 2. The molecule has 1 N–H and O–H groups in total. The Balaban J connectivity index is 2.07. The third-order valence-corrected chi connectivity index (χ3v) is 2.45. The van der Waals surface area contributed by atoms with E-state index in [-0.39, 0.29) is 17.9 Å². The highest BCUT2D eigenvalue weighted by atomic mass is 19.1. The molecule has 0 unspecified atom stereocenters. The Morgan fingerprint density at radius 3 is 2.80 bits per heavy atom. The zero-order valence-corrected chi connectivity index (χ0v) is 10.2. The monoisotopic (exact) mass is 272 g/mol. The van der Waals surface area contributed by atoms with E-state index < -0.39 is 11.8 Å². The highest BCUT2D eigenvalue weighted by Gasteiger charge is 2.05. The van der Waals surface area contributed by atoms with Gasteiger partial charge in [-0.15, -0.1) is 0 Å². The molecule has 0 aliphatic carbocycles. The summed E-state index contributed by atoms with van der Waals surface area (Å²) in [6.07, 6.45) is 1.27. The molecular weight excluding hydrogens is 263 g/mol. The lowest BCUT2D eigenvalue weighted by Crippen LogP contribution is -2.01. The average Bonchev–Trinajstić information content (AvgIpc) is 2.45. The van der Waals surface area contributed by atoms with Crippen LogP contribution in [0.2, 0.25) is 0 Å². The van der Waals surface area contributed by atoms with Gasteiger partial charge in [-0.2, -0.15) is 5.26 Å². The van der Waals surface area contributed by atoms with Crippen molar-refractivity contribution < 1.29 is 19.0 Å². The lowest BCUT2D eigenvalue weighted by Gasteiger charge is -2.06. The summed E-state index contributed by atoms with van der Waals surface area (Å²) in [7, 11) is 0. The first-order chi connectivity index (χ1) is 9.58. The first kappa shape index (κ1) is 13.5. The van der Waals surface area contributed by atoms with Crippen molar-refractivity contribution in [3.63, 3.8) is 0 Å². The fraction of sp³-hybridized carbons (Fsp3) is 0.0714. The highest BCUT2D eigenvalue weighted by Crippen LogP contribution is 2.14. The fourth-order valence-corrected chi connectivity index (χ4v) is 1.56. The second-order valence-electron chi connectivity index (χ2n) is 3.93. The van der Waals surface area contributed by atoms with Gasteiger partial charge in [0.1, 0.15) is 23.9 Å². The second kappa shape index (κ2) is 5.80. The van der Waals surface area contributed by atoms with Gasteiger partial charge >= 0.3 is 5.97 Å². The summed E-state index contributed by atoms with van der Waals surface area (Å²) in [6, 6.07) is 8.53. The number of pyridine rings is 1. The van der Waals surface area contributed by atoms with Crippen molar-refractivity contribution in [3.8, 4) is 11.8 Å². The second-order valence-corrected chi connectivity index (χ2v) is 3.93. The summed E-state index contributed by atoms with van der Waals surface area (Å²) in [6.45, 7) is 0.0561. The molecule has 20 heavy (non-hydrogen) atoms. The lowest BCUT2D eigenvalue weighted by atomic mass is 10.1. The fourth-order valence-electron chi connectivity index (χ4n) is 1.56. The van der Waals surface area contributed by atoms with Gasteiger partial charge in [0.2, 0.25) is 0 Å². The van der Waals surface area contributed by atoms with Gasteiger partial charge in [0.15, 0.2) is 0 Å². The molecule has 0 atom stereocenters. The number of carboxylic acid groups (broad SMARTS) is 1. The molecule has 0 saturated carbocycles. The van der Waals surface area contributed by atoms with Gasteiger partial charge in [0, 0.05) is 0 Å². The number of halogens is 1. The molecule has 0 bridgehead atoms. The smallest absolute Gasteiger partial charge is 0.354 e. The molecule has 2 rings (SSSR count). The number of hydrogen-bond acceptors (Lipinski definition) is 4. The minimum atomic E-state index is -1.12. The Kier molecular flexibility index (Phi) is 3.91. The molecule has 0 radical (unpaired) electrons. The molecule has 0 aliphatic heterocycles. The van der Waals surface area contributed by atoms with Gasteiger partial charge in [0.05, 0.1) is 17.8 Å². The number of carbonyl (C=O) groups is 1. The molecule has 0 saturated heterocycles. The number of benzene rings is 1. The van der Waals surface area contributed by atoms with Crippen molar-refractivity contribution in [2.24, 2.45) is 0 Å². The number of rotatable bonds is 4. The van der Waals surface area contributed by atoms with Crippen molar-refractivity contribution in [2.45, 2.75) is 6.61 Å². The molecule has 1 aromatic carbocycles. The molecule has 0 spiro atoms. The minimum absolute atomic E-state index is 0.0561. The van der Waals surface area contributed by atoms with Crippen LogP contribution in [0.15, 0.2) is 36.5 Å². The van der Waals surface area contributed by atoms with E-state index in [0.29, 0.717) is 11.3 Å². The molecule has 2 aromatic rings. The normalized spacial score (nSPS) is 9.80. The topological polar surface area (TPSA) is 83.2 Å². The number of carboxylic acids is 1. The van der Waals surface area contributed by atoms with E-state index in [0.717, 1.165) is 6.07 Å². The Morgan fingerprint density at radius 2 is 2.20 bits per heavy atom. The van der Waals surface area contributed by atoms with Crippen LogP contribution < -0.4 is 4.74 Å².